The van der Waals surface area contributed by atoms with Crippen molar-refractivity contribution in [3.63, 3.8) is 0 Å². The number of amides is 1. The molecule has 0 bridgehead atoms. The highest BCUT2D eigenvalue weighted by Crippen LogP contribution is 2.21. The Morgan fingerprint density at radius 1 is 1.36 bits per heavy atom. The van der Waals surface area contributed by atoms with Crippen molar-refractivity contribution in [2.45, 2.75) is 34.1 Å². The maximum Gasteiger partial charge on any atom is 0.221 e. The lowest BCUT2D eigenvalue weighted by Crippen LogP contribution is -2.08. The van der Waals surface area contributed by atoms with E-state index in [-0.39, 0.29) is 5.91 Å². The van der Waals surface area contributed by atoms with Gasteiger partial charge in [-0.1, -0.05) is 13.0 Å². The van der Waals surface area contributed by atoms with Crippen LogP contribution in [0, 0.1) is 13.8 Å². The van der Waals surface area contributed by atoms with Gasteiger partial charge >= 0.3 is 0 Å². The molecule has 1 rings (SSSR count). The van der Waals surface area contributed by atoms with Crippen molar-refractivity contribution in [3.8, 4) is 0 Å². The minimum atomic E-state index is -0.0132. The number of carbonyl (C=O) groups excluding carboxylic acids is 1. The molecule has 0 saturated carbocycles. The van der Waals surface area contributed by atoms with E-state index in [0.29, 0.717) is 0 Å². The molecule has 0 spiro atoms. The van der Waals surface area contributed by atoms with E-state index in [4.69, 9.17) is 0 Å². The summed E-state index contributed by atoms with van der Waals surface area (Å²) in [6.07, 6.45) is 1.00. The number of nitrogens with one attached hydrogen (secondary N) is 1. The topological polar surface area (TPSA) is 29.1 Å². The zero-order valence-corrected chi connectivity index (χ0v) is 9.27. The number of hydrogen-bond acceptors (Lipinski definition) is 1. The van der Waals surface area contributed by atoms with Gasteiger partial charge < -0.3 is 5.32 Å². The smallest absolute Gasteiger partial charge is 0.221 e. The molecule has 76 valence electrons. The lowest BCUT2D eigenvalue weighted by atomic mass is 10.0. The Kier molecular flexibility index (Phi) is 3.28. The van der Waals surface area contributed by atoms with Crippen molar-refractivity contribution in [1.82, 2.24) is 0 Å². The molecule has 0 saturated heterocycles. The van der Waals surface area contributed by atoms with Crippen molar-refractivity contribution in [2.75, 3.05) is 5.32 Å². The van der Waals surface area contributed by atoms with Crippen LogP contribution < -0.4 is 5.32 Å². The first kappa shape index (κ1) is 10.8. The molecule has 0 fully saturated rings. The molecule has 0 atom stereocenters. The highest BCUT2D eigenvalue weighted by atomic mass is 16.1. The Labute approximate surface area is 85.3 Å². The fourth-order valence-corrected chi connectivity index (χ4v) is 1.62. The molecule has 0 radical (unpaired) electrons. The third kappa shape index (κ3) is 2.34. The number of hydrogen-bond donors (Lipinski definition) is 1. The summed E-state index contributed by atoms with van der Waals surface area (Å²) in [7, 11) is 0. The Bertz CT molecular complexity index is 356. The van der Waals surface area contributed by atoms with Crippen molar-refractivity contribution < 1.29 is 4.79 Å². The molecule has 1 N–H and O–H groups in total. The molecule has 0 aliphatic rings. The van der Waals surface area contributed by atoms with Crippen molar-refractivity contribution in [3.05, 3.63) is 28.8 Å². The van der Waals surface area contributed by atoms with Crippen molar-refractivity contribution >= 4 is 11.6 Å². The lowest BCUT2D eigenvalue weighted by molar-refractivity contribution is -0.114. The quantitative estimate of drug-likeness (QED) is 0.765. The molecular weight excluding hydrogens is 174 g/mol. The van der Waals surface area contributed by atoms with Gasteiger partial charge in [-0.05, 0) is 43.0 Å². The van der Waals surface area contributed by atoms with E-state index in [2.05, 4.69) is 18.3 Å². The largest absolute Gasteiger partial charge is 0.326 e. The first-order valence-corrected chi connectivity index (χ1v) is 4.92. The second kappa shape index (κ2) is 4.27. The minimum absolute atomic E-state index is 0.0132. The lowest BCUT2D eigenvalue weighted by Gasteiger charge is -2.11. The Morgan fingerprint density at radius 3 is 2.50 bits per heavy atom. The summed E-state index contributed by atoms with van der Waals surface area (Å²) in [4.78, 5) is 11.0. The van der Waals surface area contributed by atoms with Crippen LogP contribution in [0.25, 0.3) is 0 Å². The average molecular weight is 191 g/mol. The molecule has 14 heavy (non-hydrogen) atoms. The van der Waals surface area contributed by atoms with Gasteiger partial charge in [-0.15, -0.1) is 0 Å². The normalized spacial score (nSPS) is 10.0. The van der Waals surface area contributed by atoms with Gasteiger partial charge in [0.15, 0.2) is 0 Å². The van der Waals surface area contributed by atoms with Gasteiger partial charge in [0.05, 0.1) is 0 Å². The highest BCUT2D eigenvalue weighted by Gasteiger charge is 2.05. The van der Waals surface area contributed by atoms with Crippen LogP contribution in [0.1, 0.15) is 30.5 Å². The summed E-state index contributed by atoms with van der Waals surface area (Å²) in [5.74, 6) is -0.0132. The Balaban J connectivity index is 3.15. The molecule has 0 aromatic heterocycles. The van der Waals surface area contributed by atoms with E-state index in [1.54, 1.807) is 0 Å². The van der Waals surface area contributed by atoms with E-state index >= 15 is 0 Å². The van der Waals surface area contributed by atoms with Crippen LogP contribution >= 0.6 is 0 Å². The Hall–Kier alpha value is -1.31. The van der Waals surface area contributed by atoms with Crippen LogP contribution in [-0.4, -0.2) is 5.91 Å². The minimum Gasteiger partial charge on any atom is -0.326 e. The molecule has 0 heterocycles. The summed E-state index contributed by atoms with van der Waals surface area (Å²) >= 11 is 0. The zero-order chi connectivity index (χ0) is 10.7. The number of aryl methyl sites for hydroxylation is 2. The molecule has 1 aromatic rings. The molecule has 2 heteroatoms. The SMILES string of the molecule is CCc1cc(C)cc(NC(C)=O)c1C. The van der Waals surface area contributed by atoms with Gasteiger partial charge in [-0.3, -0.25) is 4.79 Å². The maximum absolute atomic E-state index is 11.0. The second-order valence-corrected chi connectivity index (χ2v) is 3.63. The van der Waals surface area contributed by atoms with Crippen LogP contribution in [-0.2, 0) is 11.2 Å². The van der Waals surface area contributed by atoms with Gasteiger partial charge in [0.25, 0.3) is 0 Å². The van der Waals surface area contributed by atoms with Gasteiger partial charge in [0.1, 0.15) is 0 Å². The Morgan fingerprint density at radius 2 is 2.00 bits per heavy atom. The summed E-state index contributed by atoms with van der Waals surface area (Å²) in [6.45, 7) is 7.75. The van der Waals surface area contributed by atoms with Crippen LogP contribution in [0.4, 0.5) is 5.69 Å². The second-order valence-electron chi connectivity index (χ2n) is 3.63. The van der Waals surface area contributed by atoms with Crippen LogP contribution in [0.2, 0.25) is 0 Å². The third-order valence-electron chi connectivity index (χ3n) is 2.35. The molecule has 1 aromatic carbocycles. The van der Waals surface area contributed by atoms with Gasteiger partial charge in [-0.25, -0.2) is 0 Å². The maximum atomic E-state index is 11.0. The monoisotopic (exact) mass is 191 g/mol. The van der Waals surface area contributed by atoms with Crippen LogP contribution in [0.3, 0.4) is 0 Å². The van der Waals surface area contributed by atoms with E-state index in [1.165, 1.54) is 23.6 Å². The summed E-state index contributed by atoms with van der Waals surface area (Å²) in [5, 5.41) is 2.85. The van der Waals surface area contributed by atoms with Crippen LogP contribution in [0.5, 0.6) is 0 Å². The van der Waals surface area contributed by atoms with Crippen molar-refractivity contribution in [2.24, 2.45) is 0 Å². The van der Waals surface area contributed by atoms with Crippen LogP contribution in [0.15, 0.2) is 12.1 Å². The fourth-order valence-electron chi connectivity index (χ4n) is 1.62. The number of carbonyl (C=O) groups is 1. The molecule has 0 unspecified atom stereocenters. The van der Waals surface area contributed by atoms with E-state index in [0.717, 1.165) is 12.1 Å². The molecule has 0 aliphatic heterocycles. The summed E-state index contributed by atoms with van der Waals surface area (Å²) < 4.78 is 0. The average Bonchev–Trinajstić information content (AvgIpc) is 2.09. The van der Waals surface area contributed by atoms with Gasteiger partial charge in [-0.2, -0.15) is 0 Å². The number of anilines is 1. The predicted octanol–water partition coefficient (Wildman–Crippen LogP) is 2.82. The number of rotatable bonds is 2. The van der Waals surface area contributed by atoms with Gasteiger partial charge in [0, 0.05) is 12.6 Å². The zero-order valence-electron chi connectivity index (χ0n) is 9.27. The standard InChI is InChI=1S/C12H17NO/c1-5-11-6-8(2)7-12(9(11)3)13-10(4)14/h6-7H,5H2,1-4H3,(H,13,14). The fraction of sp³-hybridized carbons (Fsp3) is 0.417. The van der Waals surface area contributed by atoms with E-state index in [9.17, 15) is 4.79 Å². The first-order chi connectivity index (χ1) is 6.54. The third-order valence-corrected chi connectivity index (χ3v) is 2.35. The summed E-state index contributed by atoms with van der Waals surface area (Å²) in [6, 6.07) is 4.18. The molecular formula is C12H17NO. The molecule has 0 aliphatic carbocycles. The van der Waals surface area contributed by atoms with Crippen molar-refractivity contribution in [1.29, 1.82) is 0 Å². The van der Waals surface area contributed by atoms with E-state index < -0.39 is 0 Å². The number of benzene rings is 1. The van der Waals surface area contributed by atoms with Gasteiger partial charge in [0.2, 0.25) is 5.91 Å². The summed E-state index contributed by atoms with van der Waals surface area (Å²) in [5.41, 5.74) is 4.60. The highest BCUT2D eigenvalue weighted by molar-refractivity contribution is 5.89. The molecule has 1 amide bonds. The van der Waals surface area contributed by atoms with E-state index in [1.807, 2.05) is 19.9 Å². The predicted molar refractivity (Wildman–Crippen MR) is 59.6 cm³/mol. The first-order valence-electron chi connectivity index (χ1n) is 4.92. The molecule has 2 nitrogen and oxygen atoms in total.